The average Bonchev–Trinajstić information content (AvgIpc) is 3.29. The number of Topliss-reactive ketones (excluding diaryl/α,β-unsaturated/α-hetero) is 1. The molecule has 0 saturated heterocycles. The predicted octanol–water partition coefficient (Wildman–Crippen LogP) is 10.9. The van der Waals surface area contributed by atoms with Crippen LogP contribution in [0.3, 0.4) is 0 Å². The number of fused-ring (bicyclic) bond motifs is 15. The summed E-state index contributed by atoms with van der Waals surface area (Å²) in [6, 6.07) is 45.6. The van der Waals surface area contributed by atoms with E-state index in [0.29, 0.717) is 27.8 Å². The molecule has 7 aromatic rings. The third-order valence-electron chi connectivity index (χ3n) is 11.5. The van der Waals surface area contributed by atoms with Gasteiger partial charge in [-0.25, -0.2) is 0 Å². The Morgan fingerprint density at radius 1 is 0.250 bits per heavy atom. The first-order chi connectivity index (χ1) is 29.3. The van der Waals surface area contributed by atoms with Gasteiger partial charge < -0.3 is 0 Å². The van der Waals surface area contributed by atoms with Crippen LogP contribution in [-0.4, -0.2) is 34.7 Å². The van der Waals surface area contributed by atoms with E-state index in [4.69, 9.17) is 0 Å². The smallest absolute Gasteiger partial charge is 0.233 e. The second kappa shape index (κ2) is 14.3. The maximum atomic E-state index is 12.2. The van der Waals surface area contributed by atoms with Gasteiger partial charge in [-0.3, -0.25) is 28.8 Å². The summed E-state index contributed by atoms with van der Waals surface area (Å²) in [4.78, 5) is 72.4. The molecule has 0 heterocycles. The summed E-state index contributed by atoms with van der Waals surface area (Å²) in [5, 5.41) is 4.44. The van der Waals surface area contributed by atoms with Crippen LogP contribution in [0.4, 0.5) is 0 Å². The van der Waals surface area contributed by atoms with Crippen molar-refractivity contribution in [2.45, 2.75) is 0 Å². The van der Waals surface area contributed by atoms with Crippen molar-refractivity contribution in [2.24, 2.45) is 0 Å². The van der Waals surface area contributed by atoms with Crippen LogP contribution in [0.15, 0.2) is 176 Å². The van der Waals surface area contributed by atoms with Gasteiger partial charge in [0.1, 0.15) is 0 Å². The van der Waals surface area contributed by atoms with Gasteiger partial charge in [0, 0.05) is 27.8 Å². The molecule has 6 nitrogen and oxygen atoms in total. The Bertz CT molecular complexity index is 3020. The van der Waals surface area contributed by atoms with Crippen molar-refractivity contribution in [2.75, 3.05) is 0 Å². The fourth-order valence-electron chi connectivity index (χ4n) is 8.63. The molecule has 0 spiro atoms. The van der Waals surface area contributed by atoms with E-state index in [2.05, 4.69) is 12.1 Å². The van der Waals surface area contributed by atoms with Crippen molar-refractivity contribution >= 4 is 84.6 Å². The molecule has 60 heavy (non-hydrogen) atoms. The molecule has 282 valence electrons. The number of carbonyl (C=O) groups is 6. The van der Waals surface area contributed by atoms with Crippen molar-refractivity contribution in [3.63, 3.8) is 0 Å². The minimum Gasteiger partial charge on any atom is -0.289 e. The molecule has 0 bridgehead atoms. The normalized spacial score (nSPS) is 15.2. The van der Waals surface area contributed by atoms with E-state index >= 15 is 0 Å². The number of carbonyl (C=O) groups excluding carboxylic acids is 6. The fraction of sp³-hybridized carbons (Fsp3) is 0. The number of allylic oxidation sites excluding steroid dienone is 9. The molecule has 5 aliphatic rings. The molecule has 12 rings (SSSR count). The molecule has 0 radical (unpaired) electrons. The summed E-state index contributed by atoms with van der Waals surface area (Å²) < 4.78 is 0. The summed E-state index contributed by atoms with van der Waals surface area (Å²) in [5.74, 6) is -0.877. The van der Waals surface area contributed by atoms with Gasteiger partial charge in [0.25, 0.3) is 0 Å². The Balaban J connectivity index is 0.000000108. The highest BCUT2D eigenvalue weighted by Crippen LogP contribution is 2.43. The largest absolute Gasteiger partial charge is 0.289 e. The Kier molecular flexibility index (Phi) is 8.62. The van der Waals surface area contributed by atoms with Gasteiger partial charge in [-0.15, -0.1) is 0 Å². The number of benzene rings is 7. The molecule has 7 aromatic carbocycles. The summed E-state index contributed by atoms with van der Waals surface area (Å²) in [6.07, 6.45) is 9.66. The van der Waals surface area contributed by atoms with E-state index in [1.54, 1.807) is 60.7 Å². The van der Waals surface area contributed by atoms with E-state index in [0.717, 1.165) is 66.3 Å². The first kappa shape index (κ1) is 36.1. The Morgan fingerprint density at radius 3 is 1.05 bits per heavy atom. The summed E-state index contributed by atoms with van der Waals surface area (Å²) in [6.45, 7) is 0. The zero-order chi connectivity index (χ0) is 41.1. The molecular formula is C54H30O6. The van der Waals surface area contributed by atoms with E-state index in [1.165, 1.54) is 11.5 Å². The molecule has 0 saturated carbocycles. The number of rotatable bonds is 0. The molecule has 0 N–H and O–H groups in total. The minimum absolute atomic E-state index is 0.00287. The maximum absolute atomic E-state index is 12.2. The lowest BCUT2D eigenvalue weighted by molar-refractivity contribution is -0.110. The molecule has 0 amide bonds. The van der Waals surface area contributed by atoms with E-state index in [1.807, 2.05) is 103 Å². The van der Waals surface area contributed by atoms with Crippen molar-refractivity contribution in [3.05, 3.63) is 232 Å². The highest BCUT2D eigenvalue weighted by Gasteiger charge is 2.31. The third kappa shape index (κ3) is 5.89. The van der Waals surface area contributed by atoms with E-state index in [-0.39, 0.29) is 23.1 Å². The first-order valence-corrected chi connectivity index (χ1v) is 19.4. The Morgan fingerprint density at radius 2 is 0.617 bits per heavy atom. The zero-order valence-electron chi connectivity index (χ0n) is 31.8. The highest BCUT2D eigenvalue weighted by molar-refractivity contribution is 6.50. The zero-order valence-corrected chi connectivity index (χ0v) is 31.8. The molecule has 0 unspecified atom stereocenters. The van der Waals surface area contributed by atoms with Gasteiger partial charge in [-0.1, -0.05) is 140 Å². The number of hydrogen-bond acceptors (Lipinski definition) is 6. The molecule has 5 aliphatic carbocycles. The monoisotopic (exact) mass is 774 g/mol. The van der Waals surface area contributed by atoms with Crippen molar-refractivity contribution in [1.82, 2.24) is 0 Å². The lowest BCUT2D eigenvalue weighted by Crippen LogP contribution is -2.16. The summed E-state index contributed by atoms with van der Waals surface area (Å²) in [5.41, 5.74) is 10.8. The van der Waals surface area contributed by atoms with Gasteiger partial charge in [0.2, 0.25) is 11.6 Å². The lowest BCUT2D eigenvalue weighted by Gasteiger charge is -2.24. The second-order valence-electron chi connectivity index (χ2n) is 14.8. The van der Waals surface area contributed by atoms with Gasteiger partial charge in [0.15, 0.2) is 23.1 Å². The highest BCUT2D eigenvalue weighted by atomic mass is 16.2. The van der Waals surface area contributed by atoms with Crippen molar-refractivity contribution in [3.8, 4) is 0 Å². The van der Waals surface area contributed by atoms with Crippen LogP contribution < -0.4 is 0 Å². The summed E-state index contributed by atoms with van der Waals surface area (Å²) >= 11 is 0. The van der Waals surface area contributed by atoms with Gasteiger partial charge in [-0.05, 0) is 114 Å². The first-order valence-electron chi connectivity index (χ1n) is 19.4. The van der Waals surface area contributed by atoms with Crippen LogP contribution in [0.2, 0.25) is 0 Å². The number of hydrogen-bond donors (Lipinski definition) is 0. The van der Waals surface area contributed by atoms with Crippen LogP contribution in [0.5, 0.6) is 0 Å². The van der Waals surface area contributed by atoms with Crippen LogP contribution in [-0.2, 0) is 4.79 Å². The second-order valence-corrected chi connectivity index (χ2v) is 14.8. The molecule has 6 heteroatoms. The van der Waals surface area contributed by atoms with Crippen LogP contribution in [0.1, 0.15) is 79.6 Å². The Hall–Kier alpha value is -8.22. The van der Waals surface area contributed by atoms with Crippen LogP contribution >= 0.6 is 0 Å². The van der Waals surface area contributed by atoms with Crippen molar-refractivity contribution < 1.29 is 28.8 Å². The number of ketones is 6. The fourth-order valence-corrected chi connectivity index (χ4v) is 8.63. The SMILES string of the molecule is O=C1C=C2C(=CC(=O)c3ccccc32)c2ccccc21.O=C1C=C2C(=CC(=O)c3ccccc32)c2ccccc21.O=C1C=Cc2c(ccc3c2ccc2ccccc23)C1=O. The third-order valence-corrected chi connectivity index (χ3v) is 11.5. The molecule has 0 atom stereocenters. The Labute approximate surface area is 343 Å². The lowest BCUT2D eigenvalue weighted by atomic mass is 9.77. The van der Waals surface area contributed by atoms with Gasteiger partial charge in [-0.2, -0.15) is 0 Å². The van der Waals surface area contributed by atoms with Crippen LogP contribution in [0, 0.1) is 0 Å². The van der Waals surface area contributed by atoms with Gasteiger partial charge >= 0.3 is 0 Å². The predicted molar refractivity (Wildman–Crippen MR) is 235 cm³/mol. The topological polar surface area (TPSA) is 102 Å². The maximum Gasteiger partial charge on any atom is 0.233 e. The quantitative estimate of drug-likeness (QED) is 0.112. The standard InChI is InChI=1S/3C18H10O2/c2*19-17-10-16-12-6-2-4-8-14(12)18(20)9-15(16)11-5-1-3-7-13(11)17;19-17-10-9-15-14-6-5-11-3-1-2-4-12(11)13(14)7-8-16(15)18(17)20/h3*1-10H. The van der Waals surface area contributed by atoms with Crippen molar-refractivity contribution in [1.29, 1.82) is 0 Å². The summed E-state index contributed by atoms with van der Waals surface area (Å²) in [7, 11) is 0. The van der Waals surface area contributed by atoms with E-state index < -0.39 is 11.6 Å². The van der Waals surface area contributed by atoms with Crippen LogP contribution in [0.25, 0.3) is 49.9 Å². The molecular weight excluding hydrogens is 745 g/mol. The minimum atomic E-state index is -0.447. The van der Waals surface area contributed by atoms with Gasteiger partial charge in [0.05, 0.1) is 0 Å². The molecule has 0 aromatic heterocycles. The van der Waals surface area contributed by atoms with E-state index in [9.17, 15) is 28.8 Å². The molecule has 0 fully saturated rings. The molecule has 0 aliphatic heterocycles. The average molecular weight is 775 g/mol.